The summed E-state index contributed by atoms with van der Waals surface area (Å²) in [6, 6.07) is 0. The highest BCUT2D eigenvalue weighted by atomic mass is 16.6. The van der Waals surface area contributed by atoms with Crippen molar-refractivity contribution >= 4 is 0 Å². The third kappa shape index (κ3) is 1.58. The van der Waals surface area contributed by atoms with Gasteiger partial charge in [0.15, 0.2) is 6.29 Å². The van der Waals surface area contributed by atoms with Crippen LogP contribution in [0, 0.1) is 0 Å². The zero-order valence-electron chi connectivity index (χ0n) is 6.24. The summed E-state index contributed by atoms with van der Waals surface area (Å²) >= 11 is 0. The van der Waals surface area contributed by atoms with E-state index >= 15 is 0 Å². The van der Waals surface area contributed by atoms with Gasteiger partial charge >= 0.3 is 0 Å². The van der Waals surface area contributed by atoms with Crippen molar-refractivity contribution in [1.29, 1.82) is 0 Å². The summed E-state index contributed by atoms with van der Waals surface area (Å²) in [5, 5.41) is 44.7. The lowest BCUT2D eigenvalue weighted by molar-refractivity contribution is -0.286. The molecule has 1 fully saturated rings. The molecule has 1 aliphatic heterocycles. The number of rotatable bonds is 1. The van der Waals surface area contributed by atoms with Gasteiger partial charge in [0.25, 0.3) is 0 Å². The van der Waals surface area contributed by atoms with E-state index < -0.39 is 37.3 Å². The van der Waals surface area contributed by atoms with E-state index in [1.807, 2.05) is 0 Å². The van der Waals surface area contributed by atoms with Crippen LogP contribution in [0.1, 0.15) is 0 Å². The van der Waals surface area contributed by atoms with Gasteiger partial charge in [-0.15, -0.1) is 0 Å². The van der Waals surface area contributed by atoms with Crippen LogP contribution in [0.5, 0.6) is 0 Å². The van der Waals surface area contributed by atoms with Gasteiger partial charge in [-0.1, -0.05) is 0 Å². The molecule has 0 aliphatic carbocycles. The molecule has 6 nitrogen and oxygen atoms in total. The number of hydrogen-bond donors (Lipinski definition) is 5. The van der Waals surface area contributed by atoms with Crippen LogP contribution in [0.3, 0.4) is 0 Å². The first-order chi connectivity index (χ1) is 5.57. The van der Waals surface area contributed by atoms with E-state index in [4.69, 9.17) is 25.5 Å². The SMILES string of the molecule is OC[C@H]1O[C@H](O)C(O)[C@H](O)C1O. The minimum atomic E-state index is -1.57. The van der Waals surface area contributed by atoms with Crippen molar-refractivity contribution in [2.24, 2.45) is 0 Å². The molecule has 0 aromatic rings. The van der Waals surface area contributed by atoms with E-state index in [1.165, 1.54) is 0 Å². The molecule has 0 spiro atoms. The van der Waals surface area contributed by atoms with E-state index in [9.17, 15) is 0 Å². The quantitative estimate of drug-likeness (QED) is 0.290. The predicted molar refractivity (Wildman–Crippen MR) is 36.0 cm³/mol. The van der Waals surface area contributed by atoms with E-state index in [2.05, 4.69) is 4.74 Å². The fourth-order valence-electron chi connectivity index (χ4n) is 1.08. The average Bonchev–Trinajstić information content (AvgIpc) is 2.08. The molecule has 6 heteroatoms. The van der Waals surface area contributed by atoms with Crippen LogP contribution in [0.2, 0.25) is 0 Å². The molecule has 0 aromatic carbocycles. The van der Waals surface area contributed by atoms with Crippen LogP contribution >= 0.6 is 0 Å². The van der Waals surface area contributed by atoms with Crippen molar-refractivity contribution in [3.8, 4) is 0 Å². The summed E-state index contributed by atoms with van der Waals surface area (Å²) in [7, 11) is 0. The highest BCUT2D eigenvalue weighted by molar-refractivity contribution is 4.87. The Morgan fingerprint density at radius 2 is 1.50 bits per heavy atom. The lowest BCUT2D eigenvalue weighted by atomic mass is 10.00. The van der Waals surface area contributed by atoms with Crippen molar-refractivity contribution < 1.29 is 30.3 Å². The van der Waals surface area contributed by atoms with E-state index in [0.717, 1.165) is 0 Å². The number of ether oxygens (including phenoxy) is 1. The maximum atomic E-state index is 9.12. The molecule has 2 unspecified atom stereocenters. The van der Waals surface area contributed by atoms with E-state index in [1.54, 1.807) is 0 Å². The standard InChI is InChI=1S/C6H12O6/c7-1-2-3(8)4(9)5(10)6(11)12-2/h2-11H,1H2/t2-,3?,4-,5?,6+/m1/s1. The fourth-order valence-corrected chi connectivity index (χ4v) is 1.08. The van der Waals surface area contributed by atoms with Crippen molar-refractivity contribution in [1.82, 2.24) is 0 Å². The van der Waals surface area contributed by atoms with Crippen molar-refractivity contribution in [2.75, 3.05) is 6.61 Å². The summed E-state index contributed by atoms with van der Waals surface area (Å²) in [5.74, 6) is 0. The molecule has 1 saturated heterocycles. The molecule has 0 aromatic heterocycles. The minimum Gasteiger partial charge on any atom is -0.394 e. The first-order valence-electron chi connectivity index (χ1n) is 3.56. The second-order valence-electron chi connectivity index (χ2n) is 2.72. The summed E-state index contributed by atoms with van der Waals surface area (Å²) in [6.45, 7) is -0.526. The lowest BCUT2D eigenvalue weighted by Crippen LogP contribution is -2.58. The fraction of sp³-hybridized carbons (Fsp3) is 1.00. The van der Waals surface area contributed by atoms with E-state index in [-0.39, 0.29) is 0 Å². The van der Waals surface area contributed by atoms with Gasteiger partial charge in [0.2, 0.25) is 0 Å². The molecule has 0 bridgehead atoms. The summed E-state index contributed by atoms with van der Waals surface area (Å²) < 4.78 is 4.58. The van der Waals surface area contributed by atoms with Gasteiger partial charge in [0.05, 0.1) is 6.61 Å². The highest BCUT2D eigenvalue weighted by Crippen LogP contribution is 2.18. The average molecular weight is 180 g/mol. The zero-order valence-corrected chi connectivity index (χ0v) is 6.24. The van der Waals surface area contributed by atoms with Crippen molar-refractivity contribution in [2.45, 2.75) is 30.7 Å². The van der Waals surface area contributed by atoms with Crippen LogP contribution in [-0.2, 0) is 4.74 Å². The first-order valence-corrected chi connectivity index (χ1v) is 3.56. The summed E-state index contributed by atoms with van der Waals surface area (Å²) in [5.41, 5.74) is 0. The Labute approximate surface area is 68.6 Å². The smallest absolute Gasteiger partial charge is 0.184 e. The maximum absolute atomic E-state index is 9.12. The third-order valence-electron chi connectivity index (χ3n) is 1.87. The van der Waals surface area contributed by atoms with Gasteiger partial charge in [-0.2, -0.15) is 0 Å². The van der Waals surface area contributed by atoms with Gasteiger partial charge < -0.3 is 30.3 Å². The number of hydrogen-bond acceptors (Lipinski definition) is 6. The molecule has 0 saturated carbocycles. The monoisotopic (exact) mass is 180 g/mol. The van der Waals surface area contributed by atoms with Gasteiger partial charge in [-0.25, -0.2) is 0 Å². The zero-order chi connectivity index (χ0) is 9.30. The van der Waals surface area contributed by atoms with Crippen LogP contribution in [0.15, 0.2) is 0 Å². The first kappa shape index (κ1) is 9.85. The topological polar surface area (TPSA) is 110 Å². The lowest BCUT2D eigenvalue weighted by Gasteiger charge is -2.37. The van der Waals surface area contributed by atoms with Crippen molar-refractivity contribution in [3.05, 3.63) is 0 Å². The van der Waals surface area contributed by atoms with Crippen LogP contribution in [0.25, 0.3) is 0 Å². The number of aliphatic hydroxyl groups is 5. The molecule has 72 valence electrons. The molecule has 0 amide bonds. The molecule has 1 aliphatic rings. The maximum Gasteiger partial charge on any atom is 0.184 e. The Kier molecular flexibility index (Phi) is 2.99. The van der Waals surface area contributed by atoms with Gasteiger partial charge in [0, 0.05) is 0 Å². The highest BCUT2D eigenvalue weighted by Gasteiger charge is 2.42. The van der Waals surface area contributed by atoms with E-state index in [0.29, 0.717) is 0 Å². The molecule has 5 N–H and O–H groups in total. The second kappa shape index (κ2) is 3.65. The Morgan fingerprint density at radius 3 is 2.00 bits per heavy atom. The second-order valence-corrected chi connectivity index (χ2v) is 2.72. The van der Waals surface area contributed by atoms with Crippen molar-refractivity contribution in [3.63, 3.8) is 0 Å². The minimum absolute atomic E-state index is 0.526. The molecule has 1 heterocycles. The molecule has 5 atom stereocenters. The number of aliphatic hydroxyl groups excluding tert-OH is 5. The van der Waals surface area contributed by atoms with Gasteiger partial charge in [-0.05, 0) is 0 Å². The van der Waals surface area contributed by atoms with Crippen LogP contribution in [0.4, 0.5) is 0 Å². The Bertz CT molecular complexity index is 146. The summed E-state index contributed by atoms with van der Waals surface area (Å²) in [4.78, 5) is 0. The van der Waals surface area contributed by atoms with Crippen LogP contribution < -0.4 is 0 Å². The Hall–Kier alpha value is -0.240. The van der Waals surface area contributed by atoms with Crippen LogP contribution in [-0.4, -0.2) is 62.8 Å². The third-order valence-corrected chi connectivity index (χ3v) is 1.87. The predicted octanol–water partition coefficient (Wildman–Crippen LogP) is -3.22. The molecule has 12 heavy (non-hydrogen) atoms. The Morgan fingerprint density at radius 1 is 0.917 bits per heavy atom. The molecule has 1 rings (SSSR count). The van der Waals surface area contributed by atoms with Gasteiger partial charge in [-0.3, -0.25) is 0 Å². The molecular weight excluding hydrogens is 168 g/mol. The molecular formula is C6H12O6. The molecule has 0 radical (unpaired) electrons. The van der Waals surface area contributed by atoms with Gasteiger partial charge in [0.1, 0.15) is 24.4 Å². The largest absolute Gasteiger partial charge is 0.394 e. The normalized spacial score (nSPS) is 49.2. The summed E-state index contributed by atoms with van der Waals surface area (Å²) in [6.07, 6.45) is -7.04. The Balaban J connectivity index is 2.63.